The number of aromatic carboxylic acids is 1. The van der Waals surface area contributed by atoms with Gasteiger partial charge >= 0.3 is 5.97 Å². The van der Waals surface area contributed by atoms with E-state index in [1.807, 2.05) is 0 Å². The topological polar surface area (TPSA) is 58.6 Å². The lowest BCUT2D eigenvalue weighted by molar-refractivity contribution is 0.0697. The third-order valence-corrected chi connectivity index (χ3v) is 3.80. The van der Waals surface area contributed by atoms with Crippen molar-refractivity contribution in [2.24, 2.45) is 0 Å². The number of carboxylic acid groups (broad SMARTS) is 1. The molecule has 0 saturated heterocycles. The Hall–Kier alpha value is -1.62. The first kappa shape index (κ1) is 16.7. The van der Waals surface area contributed by atoms with Crippen LogP contribution in [0, 0.1) is 0 Å². The number of rotatable bonds is 5. The molecule has 0 aliphatic heterocycles. The van der Waals surface area contributed by atoms with Gasteiger partial charge in [-0.2, -0.15) is 0 Å². The Morgan fingerprint density at radius 1 is 1.18 bits per heavy atom. The molecule has 0 aromatic heterocycles. The van der Waals surface area contributed by atoms with Crippen LogP contribution in [0.2, 0.25) is 15.1 Å². The van der Waals surface area contributed by atoms with Gasteiger partial charge in [-0.1, -0.05) is 34.8 Å². The van der Waals surface area contributed by atoms with Gasteiger partial charge in [-0.25, -0.2) is 4.79 Å². The Labute approximate surface area is 142 Å². The Morgan fingerprint density at radius 3 is 2.55 bits per heavy atom. The Balaban J connectivity index is 2.27. The molecular formula is C15H12Cl3NO3. The standard InChI is InChI=1S/C15H12Cl3NO3/c1-22-14-9(4-10(16)6-12(14)18)7-19-13-5-8(15(20)21)2-3-11(13)17/h2-6,19H,7H2,1H3,(H,20,21). The average Bonchev–Trinajstić information content (AvgIpc) is 2.45. The first-order chi connectivity index (χ1) is 10.4. The number of benzene rings is 2. The monoisotopic (exact) mass is 359 g/mol. The predicted octanol–water partition coefficient (Wildman–Crippen LogP) is 4.97. The predicted molar refractivity (Wildman–Crippen MR) is 88.8 cm³/mol. The van der Waals surface area contributed by atoms with Gasteiger partial charge in [0.1, 0.15) is 5.75 Å². The summed E-state index contributed by atoms with van der Waals surface area (Å²) in [4.78, 5) is 11.0. The summed E-state index contributed by atoms with van der Waals surface area (Å²) >= 11 is 18.1. The van der Waals surface area contributed by atoms with Crippen LogP contribution in [-0.4, -0.2) is 18.2 Å². The molecule has 0 aliphatic rings. The highest BCUT2D eigenvalue weighted by molar-refractivity contribution is 6.35. The fourth-order valence-corrected chi connectivity index (χ4v) is 2.75. The molecule has 2 aromatic carbocycles. The van der Waals surface area contributed by atoms with E-state index in [0.29, 0.717) is 33.0 Å². The molecule has 0 fully saturated rings. The van der Waals surface area contributed by atoms with Gasteiger partial charge in [-0.15, -0.1) is 0 Å². The number of halogens is 3. The van der Waals surface area contributed by atoms with Crippen molar-refractivity contribution >= 4 is 46.5 Å². The van der Waals surface area contributed by atoms with Gasteiger partial charge in [-0.05, 0) is 30.3 Å². The van der Waals surface area contributed by atoms with E-state index in [1.165, 1.54) is 25.3 Å². The minimum Gasteiger partial charge on any atom is -0.495 e. The van der Waals surface area contributed by atoms with E-state index in [0.717, 1.165) is 5.56 Å². The van der Waals surface area contributed by atoms with E-state index in [-0.39, 0.29) is 5.56 Å². The van der Waals surface area contributed by atoms with Crippen LogP contribution in [0.15, 0.2) is 30.3 Å². The Morgan fingerprint density at radius 2 is 1.91 bits per heavy atom. The van der Waals surface area contributed by atoms with Gasteiger partial charge in [0, 0.05) is 17.1 Å². The number of hydrogen-bond donors (Lipinski definition) is 2. The van der Waals surface area contributed by atoms with Gasteiger partial charge in [-0.3, -0.25) is 0 Å². The average molecular weight is 361 g/mol. The van der Waals surface area contributed by atoms with Crippen LogP contribution in [0.4, 0.5) is 5.69 Å². The van der Waals surface area contributed by atoms with Crippen LogP contribution in [0.5, 0.6) is 5.75 Å². The summed E-state index contributed by atoms with van der Waals surface area (Å²) in [5.41, 5.74) is 1.37. The largest absolute Gasteiger partial charge is 0.495 e. The number of carboxylic acids is 1. The first-order valence-electron chi connectivity index (χ1n) is 6.21. The van der Waals surface area contributed by atoms with Crippen molar-refractivity contribution in [2.75, 3.05) is 12.4 Å². The van der Waals surface area contributed by atoms with Crippen molar-refractivity contribution in [1.82, 2.24) is 0 Å². The van der Waals surface area contributed by atoms with E-state index in [4.69, 9.17) is 44.6 Å². The van der Waals surface area contributed by atoms with Crippen molar-refractivity contribution in [3.63, 3.8) is 0 Å². The van der Waals surface area contributed by atoms with E-state index in [1.54, 1.807) is 12.1 Å². The highest BCUT2D eigenvalue weighted by Gasteiger charge is 2.11. The summed E-state index contributed by atoms with van der Waals surface area (Å²) in [6.45, 7) is 0.326. The third kappa shape index (κ3) is 3.77. The van der Waals surface area contributed by atoms with E-state index >= 15 is 0 Å². The molecule has 2 N–H and O–H groups in total. The molecule has 0 bridgehead atoms. The lowest BCUT2D eigenvalue weighted by Gasteiger charge is -2.14. The third-order valence-electron chi connectivity index (χ3n) is 2.97. The first-order valence-corrected chi connectivity index (χ1v) is 7.34. The molecule has 0 atom stereocenters. The summed E-state index contributed by atoms with van der Waals surface area (Å²) in [5.74, 6) is -0.521. The Bertz CT molecular complexity index is 719. The number of carbonyl (C=O) groups is 1. The normalized spacial score (nSPS) is 10.4. The molecule has 116 valence electrons. The zero-order valence-electron chi connectivity index (χ0n) is 11.5. The second-order valence-corrected chi connectivity index (χ2v) is 5.68. The maximum Gasteiger partial charge on any atom is 0.335 e. The minimum atomic E-state index is -1.02. The molecular weight excluding hydrogens is 349 g/mol. The summed E-state index contributed by atoms with van der Waals surface area (Å²) in [6, 6.07) is 7.73. The Kier molecular flexibility index (Phi) is 5.40. The molecule has 2 rings (SSSR count). The van der Waals surface area contributed by atoms with Crippen molar-refractivity contribution in [2.45, 2.75) is 6.54 Å². The molecule has 0 spiro atoms. The molecule has 7 heteroatoms. The zero-order valence-corrected chi connectivity index (χ0v) is 13.8. The van der Waals surface area contributed by atoms with E-state index in [9.17, 15) is 4.79 Å². The van der Waals surface area contributed by atoms with Gasteiger partial charge in [0.2, 0.25) is 0 Å². The van der Waals surface area contributed by atoms with Crippen LogP contribution in [0.3, 0.4) is 0 Å². The smallest absolute Gasteiger partial charge is 0.335 e. The number of hydrogen-bond acceptors (Lipinski definition) is 3. The minimum absolute atomic E-state index is 0.142. The van der Waals surface area contributed by atoms with Crippen molar-refractivity contribution in [1.29, 1.82) is 0 Å². The van der Waals surface area contributed by atoms with Gasteiger partial charge in [0.05, 0.1) is 28.4 Å². The molecule has 4 nitrogen and oxygen atoms in total. The van der Waals surface area contributed by atoms with Crippen LogP contribution in [-0.2, 0) is 6.54 Å². The lowest BCUT2D eigenvalue weighted by atomic mass is 10.1. The highest BCUT2D eigenvalue weighted by atomic mass is 35.5. The van der Waals surface area contributed by atoms with Crippen LogP contribution < -0.4 is 10.1 Å². The second-order valence-electron chi connectivity index (χ2n) is 4.43. The highest BCUT2D eigenvalue weighted by Crippen LogP contribution is 2.33. The van der Waals surface area contributed by atoms with Crippen LogP contribution in [0.25, 0.3) is 0 Å². The quantitative estimate of drug-likeness (QED) is 0.790. The molecule has 0 saturated carbocycles. The maximum absolute atomic E-state index is 11.0. The lowest BCUT2D eigenvalue weighted by Crippen LogP contribution is -2.04. The number of nitrogens with one attached hydrogen (secondary N) is 1. The molecule has 22 heavy (non-hydrogen) atoms. The van der Waals surface area contributed by atoms with Gasteiger partial charge in [0.25, 0.3) is 0 Å². The van der Waals surface area contributed by atoms with Crippen LogP contribution in [0.1, 0.15) is 15.9 Å². The van der Waals surface area contributed by atoms with Crippen molar-refractivity contribution in [3.05, 3.63) is 56.5 Å². The van der Waals surface area contributed by atoms with Crippen molar-refractivity contribution < 1.29 is 14.6 Å². The van der Waals surface area contributed by atoms with Gasteiger partial charge < -0.3 is 15.2 Å². The van der Waals surface area contributed by atoms with Crippen LogP contribution >= 0.6 is 34.8 Å². The number of methoxy groups -OCH3 is 1. The SMILES string of the molecule is COc1c(Cl)cc(Cl)cc1CNc1cc(C(=O)O)ccc1Cl. The summed E-state index contributed by atoms with van der Waals surface area (Å²) in [6.07, 6.45) is 0. The van der Waals surface area contributed by atoms with E-state index in [2.05, 4.69) is 5.32 Å². The molecule has 0 unspecified atom stereocenters. The molecule has 2 aromatic rings. The summed E-state index contributed by atoms with van der Waals surface area (Å²) < 4.78 is 5.25. The second kappa shape index (κ2) is 7.09. The number of ether oxygens (including phenoxy) is 1. The molecule has 0 radical (unpaired) electrons. The fraction of sp³-hybridized carbons (Fsp3) is 0.133. The zero-order chi connectivity index (χ0) is 16.3. The fourth-order valence-electron chi connectivity index (χ4n) is 1.96. The molecule has 0 aliphatic carbocycles. The van der Waals surface area contributed by atoms with Crippen molar-refractivity contribution in [3.8, 4) is 5.75 Å². The maximum atomic E-state index is 11.0. The van der Waals surface area contributed by atoms with Gasteiger partial charge in [0.15, 0.2) is 0 Å². The van der Waals surface area contributed by atoms with E-state index < -0.39 is 5.97 Å². The molecule has 0 amide bonds. The molecule has 0 heterocycles. The summed E-state index contributed by atoms with van der Waals surface area (Å²) in [5, 5.41) is 13.4. The number of anilines is 1. The summed E-state index contributed by atoms with van der Waals surface area (Å²) in [7, 11) is 1.51.